The van der Waals surface area contributed by atoms with Gasteiger partial charge in [-0.25, -0.2) is 0 Å². The fourth-order valence-corrected chi connectivity index (χ4v) is 3.14. The van der Waals surface area contributed by atoms with Gasteiger partial charge in [-0.2, -0.15) is 0 Å². The standard InChI is InChI=1S/C19H33N/c1-6-16(4)19(17-12-8-7-9-13-17)18(20-5)14-10-11-15(2)3/h7-9,12-13,15-16,18-20H,6,10-11,14H2,1-5H3. The van der Waals surface area contributed by atoms with Crippen molar-refractivity contribution in [2.24, 2.45) is 11.8 Å². The molecule has 20 heavy (non-hydrogen) atoms. The lowest BCUT2D eigenvalue weighted by atomic mass is 9.78. The number of hydrogen-bond acceptors (Lipinski definition) is 1. The number of benzene rings is 1. The number of hydrogen-bond donors (Lipinski definition) is 1. The van der Waals surface area contributed by atoms with Crippen LogP contribution in [0.1, 0.15) is 64.9 Å². The average Bonchev–Trinajstić information content (AvgIpc) is 2.46. The van der Waals surface area contributed by atoms with Crippen molar-refractivity contribution in [2.75, 3.05) is 7.05 Å². The van der Waals surface area contributed by atoms with Crippen LogP contribution in [-0.2, 0) is 0 Å². The van der Waals surface area contributed by atoms with Crippen LogP contribution in [0.5, 0.6) is 0 Å². The molecule has 1 aromatic rings. The van der Waals surface area contributed by atoms with Crippen LogP contribution in [0.25, 0.3) is 0 Å². The highest BCUT2D eigenvalue weighted by Gasteiger charge is 2.26. The highest BCUT2D eigenvalue weighted by atomic mass is 14.9. The van der Waals surface area contributed by atoms with Crippen LogP contribution in [0.3, 0.4) is 0 Å². The zero-order valence-electron chi connectivity index (χ0n) is 14.0. The molecule has 0 amide bonds. The Kier molecular flexibility index (Phi) is 7.91. The molecule has 0 fully saturated rings. The molecule has 114 valence electrons. The smallest absolute Gasteiger partial charge is 0.0135 e. The Morgan fingerprint density at radius 3 is 2.15 bits per heavy atom. The number of likely N-dealkylation sites (N-methyl/N-ethyl adjacent to an activating group) is 1. The van der Waals surface area contributed by atoms with Crippen molar-refractivity contribution in [1.29, 1.82) is 0 Å². The summed E-state index contributed by atoms with van der Waals surface area (Å²) in [4.78, 5) is 0. The van der Waals surface area contributed by atoms with Gasteiger partial charge in [-0.05, 0) is 30.9 Å². The SMILES string of the molecule is CCC(C)C(c1ccccc1)C(CCCC(C)C)NC. The van der Waals surface area contributed by atoms with Gasteiger partial charge in [0.15, 0.2) is 0 Å². The first-order chi connectivity index (χ1) is 9.60. The topological polar surface area (TPSA) is 12.0 Å². The second-order valence-electron chi connectivity index (χ2n) is 6.54. The summed E-state index contributed by atoms with van der Waals surface area (Å²) in [6.07, 6.45) is 5.17. The highest BCUT2D eigenvalue weighted by Crippen LogP contribution is 2.32. The third-order valence-electron chi connectivity index (χ3n) is 4.54. The van der Waals surface area contributed by atoms with Crippen molar-refractivity contribution in [1.82, 2.24) is 5.32 Å². The molecule has 1 nitrogen and oxygen atoms in total. The Labute approximate surface area is 126 Å². The van der Waals surface area contributed by atoms with E-state index in [0.29, 0.717) is 17.9 Å². The Morgan fingerprint density at radius 2 is 1.65 bits per heavy atom. The van der Waals surface area contributed by atoms with Crippen molar-refractivity contribution in [3.8, 4) is 0 Å². The molecule has 1 heteroatoms. The van der Waals surface area contributed by atoms with Gasteiger partial charge in [0.2, 0.25) is 0 Å². The van der Waals surface area contributed by atoms with E-state index in [-0.39, 0.29) is 0 Å². The first kappa shape index (κ1) is 17.2. The van der Waals surface area contributed by atoms with Gasteiger partial charge >= 0.3 is 0 Å². The predicted molar refractivity (Wildman–Crippen MR) is 90.2 cm³/mol. The summed E-state index contributed by atoms with van der Waals surface area (Å²) in [5, 5.41) is 3.59. The van der Waals surface area contributed by atoms with E-state index in [1.54, 1.807) is 0 Å². The fourth-order valence-electron chi connectivity index (χ4n) is 3.14. The molecular formula is C19H33N. The highest BCUT2D eigenvalue weighted by molar-refractivity contribution is 5.22. The van der Waals surface area contributed by atoms with Crippen LogP contribution in [0.15, 0.2) is 30.3 Å². The Bertz CT molecular complexity index is 344. The second kappa shape index (κ2) is 9.18. The minimum Gasteiger partial charge on any atom is -0.316 e. The molecule has 0 spiro atoms. The molecule has 0 saturated heterocycles. The Morgan fingerprint density at radius 1 is 1.00 bits per heavy atom. The summed E-state index contributed by atoms with van der Waals surface area (Å²) in [7, 11) is 2.12. The molecule has 0 aromatic heterocycles. The zero-order chi connectivity index (χ0) is 15.0. The Balaban J connectivity index is 2.79. The molecule has 0 aliphatic rings. The minimum atomic E-state index is 0.589. The van der Waals surface area contributed by atoms with Gasteiger partial charge in [0.25, 0.3) is 0 Å². The summed E-state index contributed by atoms with van der Waals surface area (Å²) in [5.74, 6) is 2.15. The van der Waals surface area contributed by atoms with Crippen LogP contribution >= 0.6 is 0 Å². The quantitative estimate of drug-likeness (QED) is 0.650. The third kappa shape index (κ3) is 5.28. The van der Waals surface area contributed by atoms with E-state index in [1.165, 1.54) is 31.2 Å². The van der Waals surface area contributed by atoms with E-state index in [9.17, 15) is 0 Å². The van der Waals surface area contributed by atoms with Crippen molar-refractivity contribution < 1.29 is 0 Å². The van der Waals surface area contributed by atoms with Crippen molar-refractivity contribution in [3.05, 3.63) is 35.9 Å². The monoisotopic (exact) mass is 275 g/mol. The molecule has 3 atom stereocenters. The molecule has 0 aliphatic heterocycles. The summed E-state index contributed by atoms with van der Waals surface area (Å²) >= 11 is 0. The minimum absolute atomic E-state index is 0.589. The largest absolute Gasteiger partial charge is 0.316 e. The zero-order valence-corrected chi connectivity index (χ0v) is 14.0. The lowest BCUT2D eigenvalue weighted by molar-refractivity contribution is 0.323. The molecule has 0 heterocycles. The molecular weight excluding hydrogens is 242 g/mol. The molecule has 0 saturated carbocycles. The molecule has 3 unspecified atom stereocenters. The second-order valence-corrected chi connectivity index (χ2v) is 6.54. The van der Waals surface area contributed by atoms with E-state index in [0.717, 1.165) is 5.92 Å². The van der Waals surface area contributed by atoms with Gasteiger partial charge in [0.05, 0.1) is 0 Å². The van der Waals surface area contributed by atoms with Crippen LogP contribution in [0, 0.1) is 11.8 Å². The number of nitrogens with one attached hydrogen (secondary N) is 1. The van der Waals surface area contributed by atoms with E-state index >= 15 is 0 Å². The van der Waals surface area contributed by atoms with Crippen LogP contribution in [0.4, 0.5) is 0 Å². The van der Waals surface area contributed by atoms with Gasteiger partial charge in [-0.1, -0.05) is 77.3 Å². The molecule has 0 radical (unpaired) electrons. The summed E-state index contributed by atoms with van der Waals surface area (Å²) in [6, 6.07) is 11.6. The van der Waals surface area contributed by atoms with E-state index < -0.39 is 0 Å². The maximum Gasteiger partial charge on any atom is 0.0135 e. The van der Waals surface area contributed by atoms with E-state index in [2.05, 4.69) is 70.4 Å². The van der Waals surface area contributed by atoms with Gasteiger partial charge in [-0.3, -0.25) is 0 Å². The van der Waals surface area contributed by atoms with Gasteiger partial charge in [0, 0.05) is 12.0 Å². The first-order valence-electron chi connectivity index (χ1n) is 8.32. The van der Waals surface area contributed by atoms with Crippen molar-refractivity contribution in [3.63, 3.8) is 0 Å². The van der Waals surface area contributed by atoms with Gasteiger partial charge < -0.3 is 5.32 Å². The number of rotatable bonds is 9. The normalized spacial score (nSPS) is 16.1. The third-order valence-corrected chi connectivity index (χ3v) is 4.54. The lowest BCUT2D eigenvalue weighted by Crippen LogP contribution is -2.35. The van der Waals surface area contributed by atoms with E-state index in [4.69, 9.17) is 0 Å². The van der Waals surface area contributed by atoms with Gasteiger partial charge in [0.1, 0.15) is 0 Å². The van der Waals surface area contributed by atoms with Crippen LogP contribution in [0.2, 0.25) is 0 Å². The molecule has 0 aliphatic carbocycles. The Hall–Kier alpha value is -0.820. The van der Waals surface area contributed by atoms with Crippen molar-refractivity contribution in [2.45, 2.75) is 65.3 Å². The van der Waals surface area contributed by atoms with Crippen molar-refractivity contribution >= 4 is 0 Å². The molecule has 1 rings (SSSR count). The summed E-state index contributed by atoms with van der Waals surface area (Å²) in [5.41, 5.74) is 1.49. The van der Waals surface area contributed by atoms with Gasteiger partial charge in [-0.15, -0.1) is 0 Å². The van der Waals surface area contributed by atoms with E-state index in [1.807, 2.05) is 0 Å². The summed E-state index contributed by atoms with van der Waals surface area (Å²) in [6.45, 7) is 9.33. The maximum atomic E-state index is 3.59. The molecule has 0 bridgehead atoms. The fraction of sp³-hybridized carbons (Fsp3) is 0.684. The lowest BCUT2D eigenvalue weighted by Gasteiger charge is -2.32. The van der Waals surface area contributed by atoms with Crippen LogP contribution < -0.4 is 5.32 Å². The summed E-state index contributed by atoms with van der Waals surface area (Å²) < 4.78 is 0. The average molecular weight is 275 g/mol. The molecule has 1 aromatic carbocycles. The first-order valence-corrected chi connectivity index (χ1v) is 8.32. The molecule has 1 N–H and O–H groups in total. The van der Waals surface area contributed by atoms with Crippen LogP contribution in [-0.4, -0.2) is 13.1 Å². The maximum absolute atomic E-state index is 3.59. The predicted octanol–water partition coefficient (Wildman–Crippen LogP) is 5.23.